The molecule has 3 aromatic rings. The Labute approximate surface area is 177 Å². The quantitative estimate of drug-likeness (QED) is 0.254. The Kier molecular flexibility index (Phi) is 6.08. The van der Waals surface area contributed by atoms with E-state index in [2.05, 4.69) is 14.9 Å². The second kappa shape index (κ2) is 9.08. The highest BCUT2D eigenvalue weighted by Crippen LogP contribution is 2.26. The number of piperazine rings is 1. The first-order valence-corrected chi connectivity index (χ1v) is 10.5. The number of hydrogen-bond acceptors (Lipinski definition) is 7. The van der Waals surface area contributed by atoms with Crippen LogP contribution in [0.5, 0.6) is 0 Å². The van der Waals surface area contributed by atoms with Crippen molar-refractivity contribution in [2.75, 3.05) is 36.0 Å². The van der Waals surface area contributed by atoms with Gasteiger partial charge in [0.15, 0.2) is 0 Å². The molecule has 9 heteroatoms. The summed E-state index contributed by atoms with van der Waals surface area (Å²) >= 11 is 1.51. The van der Waals surface area contributed by atoms with Crippen molar-refractivity contribution in [2.24, 2.45) is 0 Å². The summed E-state index contributed by atoms with van der Waals surface area (Å²) in [5.74, 6) is 1.21. The van der Waals surface area contributed by atoms with Gasteiger partial charge in [-0.25, -0.2) is 14.4 Å². The molecule has 4 rings (SSSR count). The molecule has 0 saturated carbocycles. The number of thioether (sulfide) groups is 1. The lowest BCUT2D eigenvalue weighted by molar-refractivity contribution is -0.384. The number of rotatable bonds is 6. The fraction of sp³-hybridized carbons (Fsp3) is 0.238. The molecule has 1 fully saturated rings. The lowest BCUT2D eigenvalue weighted by Crippen LogP contribution is -2.47. The predicted molar refractivity (Wildman–Crippen MR) is 116 cm³/mol. The second-order valence-corrected chi connectivity index (χ2v) is 7.85. The summed E-state index contributed by atoms with van der Waals surface area (Å²) in [6, 6.07) is 15.4. The number of aromatic nitrogens is 2. The second-order valence-electron chi connectivity index (χ2n) is 6.86. The van der Waals surface area contributed by atoms with Crippen molar-refractivity contribution in [1.82, 2.24) is 9.97 Å². The standard InChI is InChI=1S/C21H20FN5O2S/c22-18-6-1-2-7-19(18)25-8-10-26(11-9-25)20-13-21(24-15-23-20)30-14-16-4-3-5-17(12-16)27(28)29/h1-7,12-13,15H,8-11,14H2. The highest BCUT2D eigenvalue weighted by atomic mass is 32.2. The van der Waals surface area contributed by atoms with Gasteiger partial charge in [0.1, 0.15) is 23.0 Å². The zero-order valence-corrected chi connectivity index (χ0v) is 17.0. The summed E-state index contributed by atoms with van der Waals surface area (Å²) in [7, 11) is 0. The number of anilines is 2. The number of halogens is 1. The summed E-state index contributed by atoms with van der Waals surface area (Å²) in [4.78, 5) is 23.4. The van der Waals surface area contributed by atoms with E-state index in [1.165, 1.54) is 30.2 Å². The Morgan fingerprint density at radius 3 is 2.53 bits per heavy atom. The van der Waals surface area contributed by atoms with E-state index in [0.29, 0.717) is 24.5 Å². The van der Waals surface area contributed by atoms with Crippen molar-refractivity contribution in [1.29, 1.82) is 0 Å². The molecule has 2 heterocycles. The van der Waals surface area contributed by atoms with Gasteiger partial charge in [0.25, 0.3) is 5.69 Å². The number of para-hydroxylation sites is 1. The summed E-state index contributed by atoms with van der Waals surface area (Å²) in [5, 5.41) is 11.7. The number of nitro groups is 1. The largest absolute Gasteiger partial charge is 0.366 e. The molecule has 1 aliphatic heterocycles. The van der Waals surface area contributed by atoms with Gasteiger partial charge in [-0.1, -0.05) is 24.3 Å². The molecule has 7 nitrogen and oxygen atoms in total. The molecular formula is C21H20FN5O2S. The van der Waals surface area contributed by atoms with Gasteiger partial charge in [0.2, 0.25) is 0 Å². The van der Waals surface area contributed by atoms with Gasteiger partial charge >= 0.3 is 0 Å². The first-order chi connectivity index (χ1) is 14.6. The first-order valence-electron chi connectivity index (χ1n) is 9.53. The molecule has 0 unspecified atom stereocenters. The van der Waals surface area contributed by atoms with Crippen molar-refractivity contribution < 1.29 is 9.31 Å². The average Bonchev–Trinajstić information content (AvgIpc) is 2.78. The van der Waals surface area contributed by atoms with Crippen LogP contribution in [0.4, 0.5) is 21.6 Å². The van der Waals surface area contributed by atoms with Crippen LogP contribution in [-0.2, 0) is 5.75 Å². The molecular weight excluding hydrogens is 405 g/mol. The van der Waals surface area contributed by atoms with Crippen LogP contribution in [0.1, 0.15) is 5.56 Å². The van der Waals surface area contributed by atoms with Crippen molar-refractivity contribution in [3.8, 4) is 0 Å². The van der Waals surface area contributed by atoms with Crippen LogP contribution in [0.25, 0.3) is 0 Å². The minimum Gasteiger partial charge on any atom is -0.366 e. The molecule has 30 heavy (non-hydrogen) atoms. The maximum atomic E-state index is 14.0. The highest BCUT2D eigenvalue weighted by molar-refractivity contribution is 7.98. The molecule has 2 aromatic carbocycles. The smallest absolute Gasteiger partial charge is 0.269 e. The maximum Gasteiger partial charge on any atom is 0.269 e. The van der Waals surface area contributed by atoms with E-state index < -0.39 is 4.92 Å². The van der Waals surface area contributed by atoms with E-state index in [4.69, 9.17) is 0 Å². The summed E-state index contributed by atoms with van der Waals surface area (Å²) in [6.07, 6.45) is 1.54. The summed E-state index contributed by atoms with van der Waals surface area (Å²) in [6.45, 7) is 2.89. The van der Waals surface area contributed by atoms with E-state index in [1.807, 2.05) is 23.1 Å². The minimum atomic E-state index is -0.391. The van der Waals surface area contributed by atoms with Crippen molar-refractivity contribution >= 4 is 29.0 Å². The van der Waals surface area contributed by atoms with Gasteiger partial charge in [0, 0.05) is 50.1 Å². The SMILES string of the molecule is O=[N+]([O-])c1cccc(CSc2cc(N3CCN(c4ccccc4F)CC3)ncn2)c1. The third kappa shape index (κ3) is 4.68. The minimum absolute atomic E-state index is 0.0872. The highest BCUT2D eigenvalue weighted by Gasteiger charge is 2.20. The third-order valence-electron chi connectivity index (χ3n) is 4.93. The van der Waals surface area contributed by atoms with E-state index in [-0.39, 0.29) is 11.5 Å². The predicted octanol–water partition coefficient (Wildman–Crippen LogP) is 4.14. The van der Waals surface area contributed by atoms with Gasteiger partial charge in [-0.3, -0.25) is 10.1 Å². The van der Waals surface area contributed by atoms with E-state index >= 15 is 0 Å². The molecule has 0 bridgehead atoms. The van der Waals surface area contributed by atoms with Crippen LogP contribution in [0, 0.1) is 15.9 Å². The average molecular weight is 425 g/mol. The van der Waals surface area contributed by atoms with Crippen molar-refractivity contribution in [2.45, 2.75) is 10.8 Å². The lowest BCUT2D eigenvalue weighted by Gasteiger charge is -2.36. The van der Waals surface area contributed by atoms with Crippen LogP contribution in [0.2, 0.25) is 0 Å². The zero-order valence-electron chi connectivity index (χ0n) is 16.1. The molecule has 1 aliphatic rings. The van der Waals surface area contributed by atoms with E-state index in [9.17, 15) is 14.5 Å². The normalized spacial score (nSPS) is 14.0. The fourth-order valence-corrected chi connectivity index (χ4v) is 4.19. The molecule has 0 atom stereocenters. The Bertz CT molecular complexity index is 1040. The molecule has 1 saturated heterocycles. The topological polar surface area (TPSA) is 75.4 Å². The van der Waals surface area contributed by atoms with Gasteiger partial charge in [0.05, 0.1) is 10.6 Å². The number of nitro benzene ring substituents is 1. The number of non-ortho nitro benzene ring substituents is 1. The van der Waals surface area contributed by atoms with E-state index in [0.717, 1.165) is 29.5 Å². The monoisotopic (exact) mass is 425 g/mol. The summed E-state index contributed by atoms with van der Waals surface area (Å²) in [5.41, 5.74) is 1.59. The number of benzene rings is 2. The molecule has 0 amide bonds. The lowest BCUT2D eigenvalue weighted by atomic mass is 10.2. The van der Waals surface area contributed by atoms with Gasteiger partial charge < -0.3 is 9.80 Å². The molecule has 1 aromatic heterocycles. The Balaban J connectivity index is 1.38. The molecule has 0 aliphatic carbocycles. The van der Waals surface area contributed by atoms with Crippen LogP contribution < -0.4 is 9.80 Å². The summed E-state index contributed by atoms with van der Waals surface area (Å²) < 4.78 is 14.0. The number of hydrogen-bond donors (Lipinski definition) is 0. The maximum absolute atomic E-state index is 14.0. The fourth-order valence-electron chi connectivity index (χ4n) is 3.38. The van der Waals surface area contributed by atoms with Crippen LogP contribution in [-0.4, -0.2) is 41.1 Å². The van der Waals surface area contributed by atoms with Crippen molar-refractivity contribution in [3.05, 3.63) is 82.4 Å². The van der Waals surface area contributed by atoms with Gasteiger partial charge in [-0.05, 0) is 17.7 Å². The molecule has 154 valence electrons. The van der Waals surface area contributed by atoms with Gasteiger partial charge in [-0.2, -0.15) is 0 Å². The Hall–Kier alpha value is -3.20. The Morgan fingerprint density at radius 1 is 1.00 bits per heavy atom. The van der Waals surface area contributed by atoms with Gasteiger partial charge in [-0.15, -0.1) is 11.8 Å². The molecule has 0 radical (unpaired) electrons. The number of nitrogens with zero attached hydrogens (tertiary/aromatic N) is 5. The first kappa shape index (κ1) is 20.1. The van der Waals surface area contributed by atoms with Crippen molar-refractivity contribution in [3.63, 3.8) is 0 Å². The zero-order chi connectivity index (χ0) is 20.9. The van der Waals surface area contributed by atoms with Crippen LogP contribution in [0.3, 0.4) is 0 Å². The Morgan fingerprint density at radius 2 is 1.77 bits per heavy atom. The van der Waals surface area contributed by atoms with E-state index in [1.54, 1.807) is 24.3 Å². The van der Waals surface area contributed by atoms with Crippen LogP contribution >= 0.6 is 11.8 Å². The molecule has 0 spiro atoms. The third-order valence-corrected chi connectivity index (χ3v) is 5.93. The molecule has 0 N–H and O–H groups in total. The van der Waals surface area contributed by atoms with Crippen LogP contribution in [0.15, 0.2) is 66.0 Å².